The highest BCUT2D eigenvalue weighted by molar-refractivity contribution is 6.33. The second-order valence-corrected chi connectivity index (χ2v) is 7.36. The third-order valence-corrected chi connectivity index (χ3v) is 5.06. The monoisotopic (exact) mass is 496 g/mol. The first-order chi connectivity index (χ1) is 16.7. The Bertz CT molecular complexity index is 1340. The molecule has 0 heterocycles. The van der Waals surface area contributed by atoms with E-state index in [0.717, 1.165) is 6.07 Å². The van der Waals surface area contributed by atoms with Gasteiger partial charge in [0.2, 0.25) is 0 Å². The lowest BCUT2D eigenvalue weighted by Crippen LogP contribution is -2.34. The number of imide groups is 1. The Balaban J connectivity index is 1.72. The highest BCUT2D eigenvalue weighted by Gasteiger charge is 2.23. The molecule has 1 N–H and O–H groups in total. The minimum absolute atomic E-state index is 0.0681. The van der Waals surface area contributed by atoms with Crippen LogP contribution < -0.4 is 10.1 Å². The fraction of sp³-hybridized carbons (Fsp3) is 0.0833. The van der Waals surface area contributed by atoms with E-state index in [-0.39, 0.29) is 33.0 Å². The van der Waals surface area contributed by atoms with Crippen LogP contribution in [-0.4, -0.2) is 42.2 Å². The smallest absolute Gasteiger partial charge is 0.339 e. The molecule has 3 aromatic rings. The van der Waals surface area contributed by atoms with Gasteiger partial charge in [0.15, 0.2) is 12.4 Å². The van der Waals surface area contributed by atoms with Crippen LogP contribution in [0.4, 0.5) is 5.69 Å². The van der Waals surface area contributed by atoms with Crippen molar-refractivity contribution in [1.29, 1.82) is 0 Å². The number of nitro benzene ring substituents is 1. The number of amides is 2. The molecular formula is C24H17ClN2O8. The molecule has 0 saturated carbocycles. The second-order valence-electron chi connectivity index (χ2n) is 6.95. The van der Waals surface area contributed by atoms with Gasteiger partial charge in [-0.3, -0.25) is 29.8 Å². The molecule has 0 spiro atoms. The predicted octanol–water partition coefficient (Wildman–Crippen LogP) is 3.60. The van der Waals surface area contributed by atoms with Gasteiger partial charge < -0.3 is 9.47 Å². The molecule has 2 amide bonds. The molecule has 10 nitrogen and oxygen atoms in total. The fourth-order valence-corrected chi connectivity index (χ4v) is 3.27. The molecule has 0 saturated heterocycles. The Labute approximate surface area is 203 Å². The minimum Gasteiger partial charge on any atom is -0.496 e. The molecular weight excluding hydrogens is 480 g/mol. The van der Waals surface area contributed by atoms with E-state index in [0.29, 0.717) is 0 Å². The number of benzene rings is 3. The zero-order valence-corrected chi connectivity index (χ0v) is 18.9. The summed E-state index contributed by atoms with van der Waals surface area (Å²) in [4.78, 5) is 60.4. The van der Waals surface area contributed by atoms with E-state index in [4.69, 9.17) is 21.1 Å². The van der Waals surface area contributed by atoms with Crippen molar-refractivity contribution in [3.8, 4) is 5.75 Å². The lowest BCUT2D eigenvalue weighted by atomic mass is 9.98. The second kappa shape index (κ2) is 11.0. The lowest BCUT2D eigenvalue weighted by Gasteiger charge is -2.10. The van der Waals surface area contributed by atoms with Gasteiger partial charge in [-0.25, -0.2) is 4.79 Å². The van der Waals surface area contributed by atoms with Crippen molar-refractivity contribution in [2.45, 2.75) is 0 Å². The first-order valence-corrected chi connectivity index (χ1v) is 10.3. The molecule has 3 aromatic carbocycles. The number of nitrogens with one attached hydrogen (secondary N) is 1. The number of esters is 1. The van der Waals surface area contributed by atoms with Crippen molar-refractivity contribution < 1.29 is 33.6 Å². The maximum Gasteiger partial charge on any atom is 0.339 e. The summed E-state index contributed by atoms with van der Waals surface area (Å²) in [5, 5.41) is 13.1. The number of rotatable bonds is 8. The summed E-state index contributed by atoms with van der Waals surface area (Å²) < 4.78 is 10.0. The standard InChI is InChI=1S/C24H17ClN2O8/c1-34-20-9-5-4-8-17(20)23(30)26-21(28)13-35-24(31)16-7-3-2-6-15(16)22(29)14-10-11-18(25)19(12-14)27(32)33/h2-12H,13H2,1H3,(H,26,28,30). The van der Waals surface area contributed by atoms with Gasteiger partial charge in [-0.15, -0.1) is 0 Å². The molecule has 0 unspecified atom stereocenters. The van der Waals surface area contributed by atoms with Gasteiger partial charge in [0.25, 0.3) is 17.5 Å². The van der Waals surface area contributed by atoms with E-state index in [9.17, 15) is 29.3 Å². The Morgan fingerprint density at radius 2 is 1.57 bits per heavy atom. The van der Waals surface area contributed by atoms with Gasteiger partial charge in [0.1, 0.15) is 10.8 Å². The lowest BCUT2D eigenvalue weighted by molar-refractivity contribution is -0.384. The zero-order chi connectivity index (χ0) is 25.5. The van der Waals surface area contributed by atoms with Gasteiger partial charge >= 0.3 is 5.97 Å². The van der Waals surface area contributed by atoms with Crippen LogP contribution in [0.1, 0.15) is 36.6 Å². The van der Waals surface area contributed by atoms with Gasteiger partial charge in [0, 0.05) is 17.2 Å². The minimum atomic E-state index is -1.00. The zero-order valence-electron chi connectivity index (χ0n) is 18.1. The molecule has 0 aliphatic heterocycles. The number of carbonyl (C=O) groups is 4. The number of ether oxygens (including phenoxy) is 2. The molecule has 178 valence electrons. The molecule has 11 heteroatoms. The van der Waals surface area contributed by atoms with Crippen LogP contribution in [0.2, 0.25) is 5.02 Å². The Kier molecular flexibility index (Phi) is 7.90. The van der Waals surface area contributed by atoms with Crippen LogP contribution in [0.3, 0.4) is 0 Å². The Morgan fingerprint density at radius 3 is 2.23 bits per heavy atom. The topological polar surface area (TPSA) is 142 Å². The van der Waals surface area contributed by atoms with E-state index >= 15 is 0 Å². The summed E-state index contributed by atoms with van der Waals surface area (Å²) in [5.74, 6) is -3.08. The highest BCUT2D eigenvalue weighted by atomic mass is 35.5. The first-order valence-electron chi connectivity index (χ1n) is 9.95. The number of carbonyl (C=O) groups excluding carboxylic acids is 4. The highest BCUT2D eigenvalue weighted by Crippen LogP contribution is 2.27. The van der Waals surface area contributed by atoms with Crippen LogP contribution in [0, 0.1) is 10.1 Å². The van der Waals surface area contributed by atoms with Crippen molar-refractivity contribution in [3.05, 3.63) is 104 Å². The number of hydrogen-bond acceptors (Lipinski definition) is 8. The summed E-state index contributed by atoms with van der Waals surface area (Å²) >= 11 is 5.79. The maximum atomic E-state index is 12.9. The molecule has 0 bridgehead atoms. The van der Waals surface area contributed by atoms with Crippen LogP contribution >= 0.6 is 11.6 Å². The molecule has 0 aromatic heterocycles. The molecule has 0 radical (unpaired) electrons. The summed E-state index contributed by atoms with van der Waals surface area (Å²) in [6, 6.07) is 15.3. The summed E-state index contributed by atoms with van der Waals surface area (Å²) in [7, 11) is 1.37. The predicted molar refractivity (Wildman–Crippen MR) is 124 cm³/mol. The van der Waals surface area contributed by atoms with Gasteiger partial charge in [-0.1, -0.05) is 41.9 Å². The maximum absolute atomic E-state index is 12.9. The van der Waals surface area contributed by atoms with Gasteiger partial charge in [-0.2, -0.15) is 0 Å². The average Bonchev–Trinajstić information content (AvgIpc) is 2.86. The van der Waals surface area contributed by atoms with E-state index < -0.39 is 40.8 Å². The number of hydrogen-bond donors (Lipinski definition) is 1. The number of halogens is 1. The number of nitro groups is 1. The first kappa shape index (κ1) is 25.1. The molecule has 3 rings (SSSR count). The van der Waals surface area contributed by atoms with E-state index in [2.05, 4.69) is 5.32 Å². The van der Waals surface area contributed by atoms with Crippen LogP contribution in [0.25, 0.3) is 0 Å². The Morgan fingerprint density at radius 1 is 0.943 bits per heavy atom. The molecule has 0 aliphatic carbocycles. The van der Waals surface area contributed by atoms with Crippen LogP contribution in [0.5, 0.6) is 5.75 Å². The molecule has 0 fully saturated rings. The fourth-order valence-electron chi connectivity index (χ4n) is 3.08. The van der Waals surface area contributed by atoms with Gasteiger partial charge in [0.05, 0.1) is 23.2 Å². The Hall–Kier alpha value is -4.57. The molecule has 0 aliphatic rings. The van der Waals surface area contributed by atoms with Crippen molar-refractivity contribution in [2.24, 2.45) is 0 Å². The van der Waals surface area contributed by atoms with E-state index in [1.54, 1.807) is 18.2 Å². The van der Waals surface area contributed by atoms with Crippen molar-refractivity contribution in [3.63, 3.8) is 0 Å². The normalized spacial score (nSPS) is 10.2. The summed E-state index contributed by atoms with van der Waals surface area (Å²) in [6.07, 6.45) is 0. The number of ketones is 1. The quantitative estimate of drug-likeness (QED) is 0.216. The van der Waals surface area contributed by atoms with Crippen LogP contribution in [0.15, 0.2) is 66.7 Å². The van der Waals surface area contributed by atoms with E-state index in [1.165, 1.54) is 49.6 Å². The van der Waals surface area contributed by atoms with Crippen LogP contribution in [-0.2, 0) is 9.53 Å². The molecule has 35 heavy (non-hydrogen) atoms. The average molecular weight is 497 g/mol. The van der Waals surface area contributed by atoms with Crippen molar-refractivity contribution >= 4 is 40.9 Å². The van der Waals surface area contributed by atoms with Crippen molar-refractivity contribution in [2.75, 3.05) is 13.7 Å². The van der Waals surface area contributed by atoms with Gasteiger partial charge in [-0.05, 0) is 30.3 Å². The van der Waals surface area contributed by atoms with E-state index in [1.807, 2.05) is 0 Å². The number of para-hydroxylation sites is 1. The SMILES string of the molecule is COc1ccccc1C(=O)NC(=O)COC(=O)c1ccccc1C(=O)c1ccc(Cl)c([N+](=O)[O-])c1. The summed E-state index contributed by atoms with van der Waals surface area (Å²) in [5.41, 5.74) is -0.684. The number of nitrogens with zero attached hydrogens (tertiary/aromatic N) is 1. The number of methoxy groups -OCH3 is 1. The van der Waals surface area contributed by atoms with Crippen molar-refractivity contribution in [1.82, 2.24) is 5.32 Å². The third kappa shape index (κ3) is 5.87. The largest absolute Gasteiger partial charge is 0.496 e. The summed E-state index contributed by atoms with van der Waals surface area (Å²) in [6.45, 7) is -0.797. The third-order valence-electron chi connectivity index (χ3n) is 4.74. The molecule has 0 atom stereocenters.